The highest BCUT2D eigenvalue weighted by atomic mass is 16.2. The molecular formula is C17H16N2O2. The maximum absolute atomic E-state index is 12.3. The van der Waals surface area contributed by atoms with E-state index in [1.807, 2.05) is 30.3 Å². The number of anilines is 1. The van der Waals surface area contributed by atoms with Crippen LogP contribution in [-0.2, 0) is 0 Å². The molecule has 0 radical (unpaired) electrons. The van der Waals surface area contributed by atoms with Crippen molar-refractivity contribution in [3.8, 4) is 0 Å². The zero-order chi connectivity index (χ0) is 14.7. The van der Waals surface area contributed by atoms with Crippen LogP contribution in [0, 0.1) is 0 Å². The summed E-state index contributed by atoms with van der Waals surface area (Å²) in [5.41, 5.74) is 1.67. The van der Waals surface area contributed by atoms with Crippen molar-refractivity contribution in [3.05, 3.63) is 65.7 Å². The molecule has 1 aliphatic heterocycles. The van der Waals surface area contributed by atoms with Crippen LogP contribution in [0.1, 0.15) is 27.1 Å². The molecule has 3 rings (SSSR count). The zero-order valence-electron chi connectivity index (χ0n) is 11.6. The van der Waals surface area contributed by atoms with E-state index in [9.17, 15) is 9.59 Å². The lowest BCUT2D eigenvalue weighted by atomic mass is 10.1. The third-order valence-corrected chi connectivity index (χ3v) is 3.58. The van der Waals surface area contributed by atoms with Crippen LogP contribution >= 0.6 is 0 Å². The number of carbonyl (C=O) groups excluding carboxylic acids is 2. The third-order valence-electron chi connectivity index (χ3n) is 3.58. The lowest BCUT2D eigenvalue weighted by molar-refractivity contribution is 0.0653. The summed E-state index contributed by atoms with van der Waals surface area (Å²) in [5, 5.41) is 2.82. The maximum atomic E-state index is 12.3. The molecule has 2 amide bonds. The number of nitrogens with one attached hydrogen (secondary N) is 1. The minimum atomic E-state index is -0.209. The molecule has 4 heteroatoms. The summed E-state index contributed by atoms with van der Waals surface area (Å²) in [6, 6.07) is 16.1. The van der Waals surface area contributed by atoms with E-state index >= 15 is 0 Å². The predicted molar refractivity (Wildman–Crippen MR) is 81.4 cm³/mol. The Morgan fingerprint density at radius 1 is 0.905 bits per heavy atom. The molecule has 1 saturated heterocycles. The Morgan fingerprint density at radius 2 is 1.57 bits per heavy atom. The van der Waals surface area contributed by atoms with Crippen molar-refractivity contribution in [2.45, 2.75) is 6.42 Å². The van der Waals surface area contributed by atoms with Crippen molar-refractivity contribution in [1.29, 1.82) is 0 Å². The van der Waals surface area contributed by atoms with E-state index in [1.54, 1.807) is 29.2 Å². The summed E-state index contributed by atoms with van der Waals surface area (Å²) < 4.78 is 0. The second-order valence-corrected chi connectivity index (χ2v) is 5.01. The van der Waals surface area contributed by atoms with Crippen molar-refractivity contribution in [1.82, 2.24) is 4.90 Å². The van der Waals surface area contributed by atoms with E-state index in [2.05, 4.69) is 5.32 Å². The maximum Gasteiger partial charge on any atom is 0.255 e. The Morgan fingerprint density at radius 3 is 2.24 bits per heavy atom. The van der Waals surface area contributed by atoms with Gasteiger partial charge in [0.2, 0.25) is 0 Å². The summed E-state index contributed by atoms with van der Waals surface area (Å²) in [7, 11) is 0. The van der Waals surface area contributed by atoms with Gasteiger partial charge in [0.1, 0.15) is 0 Å². The largest absolute Gasteiger partial charge is 0.338 e. The van der Waals surface area contributed by atoms with Gasteiger partial charge in [-0.2, -0.15) is 0 Å². The van der Waals surface area contributed by atoms with Crippen molar-refractivity contribution < 1.29 is 9.59 Å². The summed E-state index contributed by atoms with van der Waals surface area (Å²) in [5.74, 6) is -0.232. The van der Waals surface area contributed by atoms with Gasteiger partial charge in [-0.3, -0.25) is 9.59 Å². The van der Waals surface area contributed by atoms with E-state index in [-0.39, 0.29) is 11.8 Å². The molecule has 0 saturated carbocycles. The molecule has 21 heavy (non-hydrogen) atoms. The number of carbonyl (C=O) groups is 2. The Kier molecular flexibility index (Phi) is 3.69. The van der Waals surface area contributed by atoms with Crippen LogP contribution in [0.15, 0.2) is 54.6 Å². The van der Waals surface area contributed by atoms with Gasteiger partial charge in [0, 0.05) is 18.7 Å². The number of rotatable bonds is 3. The lowest BCUT2D eigenvalue weighted by Gasteiger charge is -2.31. The standard InChI is InChI=1S/C17H16N2O2/c20-16(13-7-2-1-3-8-13)18-15-10-5-4-9-14(15)17(21)19-11-6-12-19/h1-5,7-10H,6,11-12H2,(H,18,20). The molecule has 1 heterocycles. The predicted octanol–water partition coefficient (Wildman–Crippen LogP) is 2.78. The van der Waals surface area contributed by atoms with Crippen LogP contribution in [0.25, 0.3) is 0 Å². The molecule has 1 aliphatic rings. The first-order valence-electron chi connectivity index (χ1n) is 7.00. The van der Waals surface area contributed by atoms with Gasteiger partial charge in [0.15, 0.2) is 0 Å². The van der Waals surface area contributed by atoms with E-state index < -0.39 is 0 Å². The molecule has 2 aromatic rings. The number of likely N-dealkylation sites (tertiary alicyclic amines) is 1. The van der Waals surface area contributed by atoms with Crippen LogP contribution in [-0.4, -0.2) is 29.8 Å². The first-order valence-corrected chi connectivity index (χ1v) is 7.00. The number of nitrogens with zero attached hydrogens (tertiary/aromatic N) is 1. The summed E-state index contributed by atoms with van der Waals surface area (Å²) in [6.07, 6.45) is 1.05. The van der Waals surface area contributed by atoms with Crippen LogP contribution in [0.5, 0.6) is 0 Å². The molecule has 106 valence electrons. The third kappa shape index (κ3) is 2.79. The molecule has 0 bridgehead atoms. The topological polar surface area (TPSA) is 49.4 Å². The highest BCUT2D eigenvalue weighted by molar-refractivity contribution is 6.09. The highest BCUT2D eigenvalue weighted by Crippen LogP contribution is 2.20. The van der Waals surface area contributed by atoms with Crippen molar-refractivity contribution in [2.24, 2.45) is 0 Å². The molecular weight excluding hydrogens is 264 g/mol. The van der Waals surface area contributed by atoms with E-state index in [1.165, 1.54) is 0 Å². The monoisotopic (exact) mass is 280 g/mol. The van der Waals surface area contributed by atoms with Gasteiger partial charge < -0.3 is 10.2 Å². The summed E-state index contributed by atoms with van der Waals surface area (Å²) in [6.45, 7) is 1.58. The Bertz CT molecular complexity index is 664. The molecule has 0 aromatic heterocycles. The second-order valence-electron chi connectivity index (χ2n) is 5.01. The molecule has 2 aromatic carbocycles. The second kappa shape index (κ2) is 5.79. The van der Waals surface area contributed by atoms with Crippen LogP contribution in [0.4, 0.5) is 5.69 Å². The van der Waals surface area contributed by atoms with Crippen molar-refractivity contribution in [2.75, 3.05) is 18.4 Å². The summed E-state index contributed by atoms with van der Waals surface area (Å²) >= 11 is 0. The fourth-order valence-corrected chi connectivity index (χ4v) is 2.25. The number of hydrogen-bond acceptors (Lipinski definition) is 2. The molecule has 1 fully saturated rings. The summed E-state index contributed by atoms with van der Waals surface area (Å²) in [4.78, 5) is 26.3. The van der Waals surface area contributed by atoms with Crippen LogP contribution in [0.2, 0.25) is 0 Å². The van der Waals surface area contributed by atoms with Gasteiger partial charge in [0.05, 0.1) is 11.3 Å². The molecule has 0 atom stereocenters. The molecule has 4 nitrogen and oxygen atoms in total. The van der Waals surface area contributed by atoms with Crippen LogP contribution < -0.4 is 5.32 Å². The molecule has 1 N–H and O–H groups in total. The Hall–Kier alpha value is -2.62. The number of amides is 2. The highest BCUT2D eigenvalue weighted by Gasteiger charge is 2.24. The lowest BCUT2D eigenvalue weighted by Crippen LogP contribution is -2.42. The van der Waals surface area contributed by atoms with E-state index in [0.29, 0.717) is 16.8 Å². The number of para-hydroxylation sites is 1. The van der Waals surface area contributed by atoms with E-state index in [4.69, 9.17) is 0 Å². The quantitative estimate of drug-likeness (QED) is 0.940. The fraction of sp³-hybridized carbons (Fsp3) is 0.176. The first-order chi connectivity index (χ1) is 10.3. The minimum absolute atomic E-state index is 0.0230. The SMILES string of the molecule is O=C(Nc1ccccc1C(=O)N1CCC1)c1ccccc1. The number of hydrogen-bond donors (Lipinski definition) is 1. The molecule has 0 aliphatic carbocycles. The van der Waals surface area contributed by atoms with Gasteiger partial charge in [-0.05, 0) is 30.7 Å². The van der Waals surface area contributed by atoms with Crippen LogP contribution in [0.3, 0.4) is 0 Å². The van der Waals surface area contributed by atoms with Crippen molar-refractivity contribution in [3.63, 3.8) is 0 Å². The Balaban J connectivity index is 1.82. The normalized spacial score (nSPS) is 13.4. The van der Waals surface area contributed by atoms with Gasteiger partial charge in [0.25, 0.3) is 11.8 Å². The van der Waals surface area contributed by atoms with Gasteiger partial charge in [-0.15, -0.1) is 0 Å². The van der Waals surface area contributed by atoms with Crippen molar-refractivity contribution >= 4 is 17.5 Å². The average molecular weight is 280 g/mol. The average Bonchev–Trinajstić information content (AvgIpc) is 2.47. The minimum Gasteiger partial charge on any atom is -0.338 e. The first kappa shape index (κ1) is 13.4. The smallest absolute Gasteiger partial charge is 0.255 e. The molecule has 0 unspecified atom stereocenters. The van der Waals surface area contributed by atoms with Gasteiger partial charge in [-0.1, -0.05) is 30.3 Å². The number of benzene rings is 2. The van der Waals surface area contributed by atoms with E-state index in [0.717, 1.165) is 19.5 Å². The zero-order valence-corrected chi connectivity index (χ0v) is 11.6. The van der Waals surface area contributed by atoms with Gasteiger partial charge in [-0.25, -0.2) is 0 Å². The Labute approximate surface area is 123 Å². The van der Waals surface area contributed by atoms with Gasteiger partial charge >= 0.3 is 0 Å². The fourth-order valence-electron chi connectivity index (χ4n) is 2.25. The molecule has 0 spiro atoms.